The molecule has 356 valence electrons. The van der Waals surface area contributed by atoms with Crippen molar-refractivity contribution >= 4 is 64.1 Å². The molecule has 5 atom stereocenters. The summed E-state index contributed by atoms with van der Waals surface area (Å²) >= 11 is 12.9. The summed E-state index contributed by atoms with van der Waals surface area (Å²) in [6.45, 7) is 10.9. The number of anilines is 2. The standard InChI is InChI=1S/C54H53Cl2FN6O6/c1-30(2)63(53(23-24-53)22-8-7-11-31-12-9-13-34-36(31)28-62(51(34)68)41-20-21-44(64)61-48(41)65)50(67)32-16-19-39(42(25-32)69-6)59-49(66)47-45(35-14-10-15-38(56)46(35)57)54(43(60-47)27-52(3,4)5)29-58-40-26-33(55)17-18-37(40)54/h9-10,12-19,25-26,30,41,43,45,47,58,60H,20-21,23-24,27-29H2,1-6H3,(H,59,66)(H,61,64,65)/t41?,43-,45-,47+,54-/m0/s1. The molecule has 1 spiro atoms. The van der Waals surface area contributed by atoms with Crippen LogP contribution in [0.5, 0.6) is 5.75 Å². The van der Waals surface area contributed by atoms with E-state index in [-0.39, 0.29) is 65.4 Å². The summed E-state index contributed by atoms with van der Waals surface area (Å²) in [4.78, 5) is 70.3. The van der Waals surface area contributed by atoms with Gasteiger partial charge >= 0.3 is 0 Å². The molecule has 3 fully saturated rings. The minimum absolute atomic E-state index is 0.0389. The van der Waals surface area contributed by atoms with Gasteiger partial charge in [-0.15, -0.1) is 0 Å². The van der Waals surface area contributed by atoms with Crippen molar-refractivity contribution in [2.45, 2.75) is 114 Å². The Morgan fingerprint density at radius 1 is 1.01 bits per heavy atom. The number of imide groups is 1. The van der Waals surface area contributed by atoms with Crippen LogP contribution < -0.4 is 26.0 Å². The fraction of sp³-hybridized carbons (Fsp3) is 0.389. The Hall–Kier alpha value is -6.38. The van der Waals surface area contributed by atoms with E-state index in [1.807, 2.05) is 32.0 Å². The first-order valence-electron chi connectivity index (χ1n) is 23.2. The number of carbonyl (C=O) groups excluding carboxylic acids is 5. The third kappa shape index (κ3) is 8.71. The smallest absolute Gasteiger partial charge is 0.255 e. The molecule has 0 radical (unpaired) electrons. The first-order valence-corrected chi connectivity index (χ1v) is 24.0. The second-order valence-corrected chi connectivity index (χ2v) is 20.9. The Kier molecular flexibility index (Phi) is 12.6. The molecular formula is C54H53Cl2FN6O6. The molecule has 12 nitrogen and oxygen atoms in total. The molecule has 69 heavy (non-hydrogen) atoms. The lowest BCUT2D eigenvalue weighted by Crippen LogP contribution is -2.52. The molecule has 15 heteroatoms. The van der Waals surface area contributed by atoms with Gasteiger partial charge in [-0.3, -0.25) is 29.3 Å². The van der Waals surface area contributed by atoms with E-state index in [4.69, 9.17) is 27.9 Å². The molecule has 5 amide bonds. The predicted molar refractivity (Wildman–Crippen MR) is 263 cm³/mol. The molecule has 0 aromatic heterocycles. The number of rotatable bonds is 9. The topological polar surface area (TPSA) is 149 Å². The number of nitrogens with zero attached hydrogens (tertiary/aromatic N) is 2. The van der Waals surface area contributed by atoms with Crippen LogP contribution in [0.25, 0.3) is 0 Å². The van der Waals surface area contributed by atoms with Crippen molar-refractivity contribution in [1.82, 2.24) is 20.4 Å². The Morgan fingerprint density at radius 2 is 1.78 bits per heavy atom. The molecule has 9 rings (SSSR count). The zero-order valence-corrected chi connectivity index (χ0v) is 40.8. The van der Waals surface area contributed by atoms with Crippen molar-refractivity contribution < 1.29 is 33.1 Å². The lowest BCUT2D eigenvalue weighted by atomic mass is 9.63. The Morgan fingerprint density at radius 3 is 2.49 bits per heavy atom. The lowest BCUT2D eigenvalue weighted by molar-refractivity contribution is -0.137. The third-order valence-corrected chi connectivity index (χ3v) is 14.7. The fourth-order valence-electron chi connectivity index (χ4n) is 11.0. The Labute approximate surface area is 411 Å². The summed E-state index contributed by atoms with van der Waals surface area (Å²) in [5.74, 6) is 9.45. The molecule has 1 aliphatic carbocycles. The molecule has 5 aliphatic rings. The molecule has 4 heterocycles. The molecule has 1 saturated carbocycles. The highest BCUT2D eigenvalue weighted by Gasteiger charge is 2.62. The van der Waals surface area contributed by atoms with Gasteiger partial charge in [-0.05, 0) is 122 Å². The van der Waals surface area contributed by atoms with E-state index in [1.165, 1.54) is 18.1 Å². The molecule has 0 bridgehead atoms. The SMILES string of the molecule is COc1cc(C(=O)N(C(C)C)C2(C#CC#Cc3cccc4c3CN(C3CCC(=O)NC3=O)C4=O)CC2)ccc1NC(=O)[C@@H]1N[C@@H](CC(C)(C)C)[C@@]2(CNc3cc(Cl)ccc32)[C@H]1c1cccc(Cl)c1F. The van der Waals surface area contributed by atoms with E-state index in [9.17, 15) is 24.0 Å². The summed E-state index contributed by atoms with van der Waals surface area (Å²) in [6, 6.07) is 18.5. The number of benzene rings is 4. The molecule has 4 N–H and O–H groups in total. The number of hydrogen-bond acceptors (Lipinski definition) is 8. The van der Waals surface area contributed by atoms with E-state index in [2.05, 4.69) is 65.7 Å². The van der Waals surface area contributed by atoms with Crippen molar-refractivity contribution in [2.24, 2.45) is 5.41 Å². The predicted octanol–water partition coefficient (Wildman–Crippen LogP) is 8.20. The van der Waals surface area contributed by atoms with Gasteiger partial charge in [0.25, 0.3) is 11.8 Å². The minimum atomic E-state index is -0.926. The first kappa shape index (κ1) is 47.7. The highest BCUT2D eigenvalue weighted by Crippen LogP contribution is 2.57. The number of methoxy groups -OCH3 is 1. The molecular weight excluding hydrogens is 919 g/mol. The minimum Gasteiger partial charge on any atom is -0.495 e. The van der Waals surface area contributed by atoms with Gasteiger partial charge in [-0.1, -0.05) is 80.1 Å². The maximum Gasteiger partial charge on any atom is 0.255 e. The van der Waals surface area contributed by atoms with Gasteiger partial charge in [0, 0.05) is 70.3 Å². The van der Waals surface area contributed by atoms with E-state index < -0.39 is 46.6 Å². The van der Waals surface area contributed by atoms with Crippen molar-refractivity contribution in [3.8, 4) is 29.4 Å². The van der Waals surface area contributed by atoms with Crippen LogP contribution in [-0.2, 0) is 26.3 Å². The molecule has 2 saturated heterocycles. The van der Waals surface area contributed by atoms with Crippen LogP contribution in [-0.4, -0.2) is 82.7 Å². The van der Waals surface area contributed by atoms with Crippen LogP contribution in [0.3, 0.4) is 0 Å². The monoisotopic (exact) mass is 970 g/mol. The molecule has 4 aromatic rings. The zero-order valence-electron chi connectivity index (χ0n) is 39.2. The van der Waals surface area contributed by atoms with Gasteiger partial charge < -0.3 is 30.5 Å². The highest BCUT2D eigenvalue weighted by molar-refractivity contribution is 6.31. The number of carbonyl (C=O) groups is 5. The van der Waals surface area contributed by atoms with Gasteiger partial charge in [0.15, 0.2) is 0 Å². The quantitative estimate of drug-likeness (QED) is 0.0970. The fourth-order valence-corrected chi connectivity index (χ4v) is 11.3. The number of hydrogen-bond donors (Lipinski definition) is 4. The van der Waals surface area contributed by atoms with Crippen LogP contribution in [0.4, 0.5) is 15.8 Å². The highest BCUT2D eigenvalue weighted by atomic mass is 35.5. The molecule has 4 aliphatic heterocycles. The number of halogens is 3. The maximum absolute atomic E-state index is 16.4. The van der Waals surface area contributed by atoms with Crippen LogP contribution in [0.2, 0.25) is 10.0 Å². The Bertz CT molecular complexity index is 2960. The van der Waals surface area contributed by atoms with Gasteiger partial charge in [-0.2, -0.15) is 0 Å². The van der Waals surface area contributed by atoms with Crippen LogP contribution >= 0.6 is 23.2 Å². The molecule has 1 unspecified atom stereocenters. The van der Waals surface area contributed by atoms with Gasteiger partial charge in [0.2, 0.25) is 17.7 Å². The lowest BCUT2D eigenvalue weighted by Gasteiger charge is -2.39. The van der Waals surface area contributed by atoms with E-state index >= 15 is 4.39 Å². The summed E-state index contributed by atoms with van der Waals surface area (Å²) in [5.41, 5.74) is 2.79. The summed E-state index contributed by atoms with van der Waals surface area (Å²) < 4.78 is 22.2. The van der Waals surface area contributed by atoms with Gasteiger partial charge in [0.1, 0.15) is 23.1 Å². The van der Waals surface area contributed by atoms with Crippen LogP contribution in [0, 0.1) is 34.9 Å². The second kappa shape index (κ2) is 18.2. The number of amides is 5. The third-order valence-electron chi connectivity index (χ3n) is 14.1. The van der Waals surface area contributed by atoms with Gasteiger partial charge in [0.05, 0.1) is 23.9 Å². The average molecular weight is 972 g/mol. The number of fused-ring (bicyclic) bond motifs is 3. The number of nitrogens with one attached hydrogen (secondary N) is 4. The van der Waals surface area contributed by atoms with Crippen molar-refractivity contribution in [2.75, 3.05) is 24.3 Å². The maximum atomic E-state index is 16.4. The summed E-state index contributed by atoms with van der Waals surface area (Å²) in [5, 5.41) is 13.1. The second-order valence-electron chi connectivity index (χ2n) is 20.1. The van der Waals surface area contributed by atoms with Crippen molar-refractivity contribution in [3.63, 3.8) is 0 Å². The summed E-state index contributed by atoms with van der Waals surface area (Å²) in [7, 11) is 1.47. The molecule has 4 aromatic carbocycles. The average Bonchev–Trinajstić information content (AvgIpc) is 3.71. The zero-order chi connectivity index (χ0) is 49.2. The Balaban J connectivity index is 0.966. The van der Waals surface area contributed by atoms with Crippen LogP contribution in [0.15, 0.2) is 72.8 Å². The van der Waals surface area contributed by atoms with E-state index in [0.717, 1.165) is 11.3 Å². The first-order chi connectivity index (χ1) is 32.9. The van der Waals surface area contributed by atoms with E-state index in [0.29, 0.717) is 64.3 Å². The van der Waals surface area contributed by atoms with Crippen molar-refractivity contribution in [3.05, 3.63) is 122 Å². The normalized spacial score (nSPS) is 23.0. The summed E-state index contributed by atoms with van der Waals surface area (Å²) in [6.07, 6.45) is 2.36. The largest absolute Gasteiger partial charge is 0.495 e. The van der Waals surface area contributed by atoms with E-state index in [1.54, 1.807) is 53.4 Å². The number of piperidine rings is 1. The number of ether oxygens (including phenoxy) is 1. The van der Waals surface area contributed by atoms with Crippen LogP contribution in [0.1, 0.15) is 116 Å². The van der Waals surface area contributed by atoms with Crippen molar-refractivity contribution in [1.29, 1.82) is 0 Å². The van der Waals surface area contributed by atoms with Gasteiger partial charge in [-0.25, -0.2) is 4.39 Å².